The van der Waals surface area contributed by atoms with Crippen molar-refractivity contribution in [3.05, 3.63) is 18.0 Å². The van der Waals surface area contributed by atoms with Crippen LogP contribution in [0, 0.1) is 0 Å². The fourth-order valence-corrected chi connectivity index (χ4v) is 1.26. The number of aryl methyl sites for hydroxylation is 1. The van der Waals surface area contributed by atoms with Crippen LogP contribution in [0.25, 0.3) is 0 Å². The molecular weight excluding hydrogens is 166 g/mol. The van der Waals surface area contributed by atoms with E-state index < -0.39 is 0 Å². The minimum absolute atomic E-state index is 0.117. The van der Waals surface area contributed by atoms with Gasteiger partial charge in [0.25, 0.3) is 0 Å². The molecule has 4 nitrogen and oxygen atoms in total. The molecule has 1 aliphatic carbocycles. The Morgan fingerprint density at radius 2 is 2.54 bits per heavy atom. The molecule has 0 saturated heterocycles. The summed E-state index contributed by atoms with van der Waals surface area (Å²) in [4.78, 5) is 11.5. The summed E-state index contributed by atoms with van der Waals surface area (Å²) < 4.78 is 1.61. The zero-order valence-corrected chi connectivity index (χ0v) is 7.66. The molecule has 1 N–H and O–H groups in total. The number of Topliss-reactive ketones (excluding diaryl/α,β-unsaturated/α-hetero) is 1. The van der Waals surface area contributed by atoms with E-state index in [1.165, 1.54) is 12.8 Å². The Bertz CT molecular complexity index is 314. The molecule has 13 heavy (non-hydrogen) atoms. The van der Waals surface area contributed by atoms with Gasteiger partial charge in [0.15, 0.2) is 5.78 Å². The van der Waals surface area contributed by atoms with Crippen LogP contribution in [0.1, 0.15) is 23.3 Å². The Kier molecular flexibility index (Phi) is 2.14. The third kappa shape index (κ3) is 1.95. The van der Waals surface area contributed by atoms with Crippen molar-refractivity contribution in [3.8, 4) is 0 Å². The number of nitrogens with zero attached hydrogens (tertiary/aromatic N) is 2. The Labute approximate surface area is 76.9 Å². The fraction of sp³-hybridized carbons (Fsp3) is 0.556. The predicted octanol–water partition coefficient (Wildman–Crippen LogP) is 0.355. The summed E-state index contributed by atoms with van der Waals surface area (Å²) in [5.74, 6) is 0.117. The lowest BCUT2D eigenvalue weighted by molar-refractivity contribution is 0.0981. The van der Waals surface area contributed by atoms with Crippen molar-refractivity contribution in [2.45, 2.75) is 18.9 Å². The molecule has 1 heterocycles. The molecule has 0 amide bonds. The van der Waals surface area contributed by atoms with E-state index in [0.29, 0.717) is 18.3 Å². The molecule has 1 aromatic heterocycles. The highest BCUT2D eigenvalue weighted by Crippen LogP contribution is 2.18. The summed E-state index contributed by atoms with van der Waals surface area (Å²) >= 11 is 0. The van der Waals surface area contributed by atoms with E-state index >= 15 is 0 Å². The summed E-state index contributed by atoms with van der Waals surface area (Å²) in [6.45, 7) is 0.435. The summed E-state index contributed by atoms with van der Waals surface area (Å²) in [5, 5.41) is 7.13. The maximum Gasteiger partial charge on any atom is 0.194 e. The van der Waals surface area contributed by atoms with Gasteiger partial charge in [0.2, 0.25) is 0 Å². The van der Waals surface area contributed by atoms with Gasteiger partial charge in [-0.05, 0) is 18.9 Å². The van der Waals surface area contributed by atoms with E-state index in [1.54, 1.807) is 24.0 Å². The van der Waals surface area contributed by atoms with Gasteiger partial charge >= 0.3 is 0 Å². The van der Waals surface area contributed by atoms with E-state index in [2.05, 4.69) is 10.4 Å². The molecule has 1 aliphatic rings. The van der Waals surface area contributed by atoms with Gasteiger partial charge in [0.05, 0.1) is 6.54 Å². The Hall–Kier alpha value is -1.16. The second kappa shape index (κ2) is 3.30. The first kappa shape index (κ1) is 8.44. The molecule has 0 aliphatic heterocycles. The molecule has 4 heteroatoms. The highest BCUT2D eigenvalue weighted by atomic mass is 16.1. The monoisotopic (exact) mass is 179 g/mol. The first-order valence-electron chi connectivity index (χ1n) is 4.52. The van der Waals surface area contributed by atoms with Crippen LogP contribution in [-0.4, -0.2) is 28.2 Å². The van der Waals surface area contributed by atoms with E-state index in [0.717, 1.165) is 0 Å². The minimum atomic E-state index is 0.117. The number of carbonyl (C=O) groups is 1. The summed E-state index contributed by atoms with van der Waals surface area (Å²) in [7, 11) is 1.78. The average Bonchev–Trinajstić information content (AvgIpc) is 2.84. The second-order valence-corrected chi connectivity index (χ2v) is 3.42. The number of carbonyl (C=O) groups excluding carboxylic acids is 1. The average molecular weight is 179 g/mol. The lowest BCUT2D eigenvalue weighted by Gasteiger charge is -2.01. The topological polar surface area (TPSA) is 46.9 Å². The Morgan fingerprint density at radius 1 is 1.77 bits per heavy atom. The van der Waals surface area contributed by atoms with Crippen molar-refractivity contribution >= 4 is 5.78 Å². The molecule has 0 bridgehead atoms. The summed E-state index contributed by atoms with van der Waals surface area (Å²) in [6, 6.07) is 2.33. The van der Waals surface area contributed by atoms with Gasteiger partial charge in [-0.1, -0.05) is 0 Å². The number of ketones is 1. The van der Waals surface area contributed by atoms with Crippen LogP contribution in [0.5, 0.6) is 0 Å². The van der Waals surface area contributed by atoms with Gasteiger partial charge in [0.1, 0.15) is 5.69 Å². The molecule has 70 valence electrons. The highest BCUT2D eigenvalue weighted by molar-refractivity contribution is 5.96. The van der Waals surface area contributed by atoms with E-state index in [9.17, 15) is 4.79 Å². The molecule has 0 atom stereocenters. The first-order valence-corrected chi connectivity index (χ1v) is 4.52. The number of rotatable bonds is 4. The Balaban J connectivity index is 1.92. The van der Waals surface area contributed by atoms with Gasteiger partial charge in [-0.15, -0.1) is 0 Å². The zero-order valence-electron chi connectivity index (χ0n) is 7.66. The van der Waals surface area contributed by atoms with Crippen LogP contribution in [0.2, 0.25) is 0 Å². The van der Waals surface area contributed by atoms with Crippen LogP contribution in [0.3, 0.4) is 0 Å². The van der Waals surface area contributed by atoms with E-state index in [1.807, 2.05) is 0 Å². The van der Waals surface area contributed by atoms with Crippen molar-refractivity contribution < 1.29 is 4.79 Å². The number of hydrogen-bond donors (Lipinski definition) is 1. The molecule has 0 radical (unpaired) electrons. The van der Waals surface area contributed by atoms with Gasteiger partial charge < -0.3 is 5.32 Å². The van der Waals surface area contributed by atoms with Crippen molar-refractivity contribution in [3.63, 3.8) is 0 Å². The molecule has 0 spiro atoms. The van der Waals surface area contributed by atoms with Crippen molar-refractivity contribution in [2.24, 2.45) is 7.05 Å². The van der Waals surface area contributed by atoms with Crippen molar-refractivity contribution in [1.29, 1.82) is 0 Å². The van der Waals surface area contributed by atoms with Gasteiger partial charge in [-0.25, -0.2) is 0 Å². The van der Waals surface area contributed by atoms with Gasteiger partial charge in [-0.3, -0.25) is 9.48 Å². The quantitative estimate of drug-likeness (QED) is 0.679. The molecule has 2 rings (SSSR count). The molecule has 0 unspecified atom stereocenters. The standard InChI is InChI=1S/C9H13N3O/c1-12-8(4-5-11-12)9(13)6-10-7-2-3-7/h4-5,7,10H,2-3,6H2,1H3. The summed E-state index contributed by atoms with van der Waals surface area (Å²) in [5.41, 5.74) is 0.674. The first-order chi connectivity index (χ1) is 6.27. The van der Waals surface area contributed by atoms with Gasteiger partial charge in [0, 0.05) is 19.3 Å². The Morgan fingerprint density at radius 3 is 3.08 bits per heavy atom. The van der Waals surface area contributed by atoms with Crippen LogP contribution in [0.15, 0.2) is 12.3 Å². The van der Waals surface area contributed by atoms with Crippen LogP contribution >= 0.6 is 0 Å². The zero-order chi connectivity index (χ0) is 9.26. The van der Waals surface area contributed by atoms with Gasteiger partial charge in [-0.2, -0.15) is 5.10 Å². The largest absolute Gasteiger partial charge is 0.307 e. The third-order valence-electron chi connectivity index (χ3n) is 2.24. The van der Waals surface area contributed by atoms with Crippen molar-refractivity contribution in [2.75, 3.05) is 6.54 Å². The van der Waals surface area contributed by atoms with Crippen LogP contribution in [0.4, 0.5) is 0 Å². The molecule has 0 aromatic carbocycles. The molecular formula is C9H13N3O. The van der Waals surface area contributed by atoms with Crippen molar-refractivity contribution in [1.82, 2.24) is 15.1 Å². The summed E-state index contributed by atoms with van der Waals surface area (Å²) in [6.07, 6.45) is 4.06. The number of nitrogens with one attached hydrogen (secondary N) is 1. The molecule has 1 saturated carbocycles. The smallest absolute Gasteiger partial charge is 0.194 e. The SMILES string of the molecule is Cn1nccc1C(=O)CNC1CC1. The predicted molar refractivity (Wildman–Crippen MR) is 48.6 cm³/mol. The maximum absolute atomic E-state index is 11.5. The third-order valence-corrected chi connectivity index (χ3v) is 2.24. The maximum atomic E-state index is 11.5. The highest BCUT2D eigenvalue weighted by Gasteiger charge is 2.21. The number of aromatic nitrogens is 2. The fourth-order valence-electron chi connectivity index (χ4n) is 1.26. The molecule has 1 fully saturated rings. The second-order valence-electron chi connectivity index (χ2n) is 3.42. The van der Waals surface area contributed by atoms with E-state index in [4.69, 9.17) is 0 Å². The van der Waals surface area contributed by atoms with E-state index in [-0.39, 0.29) is 5.78 Å². The minimum Gasteiger partial charge on any atom is -0.307 e. The lowest BCUT2D eigenvalue weighted by atomic mass is 10.3. The van der Waals surface area contributed by atoms with Crippen LogP contribution in [-0.2, 0) is 7.05 Å². The van der Waals surface area contributed by atoms with Crippen LogP contribution < -0.4 is 5.32 Å². The normalized spacial score (nSPS) is 16.1. The lowest BCUT2D eigenvalue weighted by Crippen LogP contribution is -2.26. The molecule has 1 aromatic rings. The number of hydrogen-bond acceptors (Lipinski definition) is 3.